The summed E-state index contributed by atoms with van der Waals surface area (Å²) in [5, 5.41) is 0. The summed E-state index contributed by atoms with van der Waals surface area (Å²) in [5.74, 6) is 0.851. The zero-order valence-electron chi connectivity index (χ0n) is 21.2. The molecule has 0 bridgehead atoms. The minimum absolute atomic E-state index is 0.0196. The van der Waals surface area contributed by atoms with E-state index in [-0.39, 0.29) is 36.4 Å². The van der Waals surface area contributed by atoms with Crippen molar-refractivity contribution in [2.24, 2.45) is 10.9 Å². The zero-order valence-corrected chi connectivity index (χ0v) is 21.2. The molecule has 0 aliphatic carbocycles. The number of benzene rings is 1. The number of hydrogen-bond donors (Lipinski definition) is 0. The lowest BCUT2D eigenvalue weighted by Crippen LogP contribution is -2.47. The Morgan fingerprint density at radius 3 is 2.61 bits per heavy atom. The smallest absolute Gasteiger partial charge is 0.237 e. The maximum absolute atomic E-state index is 13.2. The van der Waals surface area contributed by atoms with Gasteiger partial charge in [0.25, 0.3) is 0 Å². The number of methoxy groups -OCH3 is 2. The first-order valence-corrected chi connectivity index (χ1v) is 12.5. The molecule has 0 spiro atoms. The maximum Gasteiger partial charge on any atom is 0.237 e. The molecule has 194 valence electrons. The Labute approximate surface area is 212 Å². The number of likely N-dealkylation sites (tertiary alicyclic amines) is 1. The van der Waals surface area contributed by atoms with Crippen LogP contribution in [-0.4, -0.2) is 99.7 Å². The molecule has 0 radical (unpaired) electrons. The van der Waals surface area contributed by atoms with Crippen LogP contribution in [-0.2, 0) is 19.1 Å². The van der Waals surface area contributed by atoms with Crippen molar-refractivity contribution in [3.8, 4) is 5.75 Å². The Hall–Kier alpha value is -2.88. The first kappa shape index (κ1) is 26.2. The molecule has 0 atom stereocenters. The topological polar surface area (TPSA) is 97.7 Å². The van der Waals surface area contributed by atoms with Crippen LogP contribution in [0.25, 0.3) is 0 Å². The average molecular weight is 498 g/mol. The monoisotopic (exact) mass is 497 g/mol. The van der Waals surface area contributed by atoms with E-state index >= 15 is 0 Å². The third kappa shape index (κ3) is 6.46. The summed E-state index contributed by atoms with van der Waals surface area (Å²) in [5.41, 5.74) is 2.89. The lowest BCUT2D eigenvalue weighted by molar-refractivity contribution is -0.132. The number of hydrogen-bond acceptors (Lipinski definition) is 8. The van der Waals surface area contributed by atoms with Gasteiger partial charge in [-0.05, 0) is 50.2 Å². The summed E-state index contributed by atoms with van der Waals surface area (Å²) in [7, 11) is 3.21. The highest BCUT2D eigenvalue weighted by Crippen LogP contribution is 2.25. The Morgan fingerprint density at radius 2 is 1.92 bits per heavy atom. The number of ketones is 2. The van der Waals surface area contributed by atoms with E-state index in [0.717, 1.165) is 24.3 Å². The third-order valence-electron chi connectivity index (χ3n) is 7.06. The molecule has 1 saturated heterocycles. The second kappa shape index (κ2) is 12.4. The number of rotatable bonds is 10. The summed E-state index contributed by atoms with van der Waals surface area (Å²) in [4.78, 5) is 47.2. The second-order valence-corrected chi connectivity index (χ2v) is 9.46. The Bertz CT molecular complexity index is 1020. The van der Waals surface area contributed by atoms with Crippen LogP contribution in [0.5, 0.6) is 5.75 Å². The molecule has 0 aromatic heterocycles. The number of Topliss-reactive ketones (excluding diaryl/α,β-unsaturated/α-hetero) is 2. The van der Waals surface area contributed by atoms with Crippen LogP contribution in [0.3, 0.4) is 0 Å². The van der Waals surface area contributed by atoms with Crippen LogP contribution in [0.4, 0.5) is 0 Å². The predicted molar refractivity (Wildman–Crippen MR) is 134 cm³/mol. The molecule has 1 aromatic rings. The van der Waals surface area contributed by atoms with Crippen molar-refractivity contribution < 1.29 is 28.6 Å². The van der Waals surface area contributed by atoms with E-state index in [0.29, 0.717) is 69.3 Å². The quantitative estimate of drug-likeness (QED) is 0.457. The molecule has 9 nitrogen and oxygen atoms in total. The molecular formula is C27H35N3O6. The van der Waals surface area contributed by atoms with E-state index in [9.17, 15) is 14.4 Å². The fourth-order valence-corrected chi connectivity index (χ4v) is 4.91. The summed E-state index contributed by atoms with van der Waals surface area (Å²) >= 11 is 0. The van der Waals surface area contributed by atoms with Gasteiger partial charge in [0.15, 0.2) is 11.6 Å². The Balaban J connectivity index is 1.32. The molecule has 9 heteroatoms. The molecule has 0 saturated carbocycles. The van der Waals surface area contributed by atoms with E-state index in [1.807, 2.05) is 12.1 Å². The van der Waals surface area contributed by atoms with Crippen molar-refractivity contribution in [1.29, 1.82) is 0 Å². The lowest BCUT2D eigenvalue weighted by atomic mass is 9.89. The van der Waals surface area contributed by atoms with Gasteiger partial charge in [-0.3, -0.25) is 24.3 Å². The van der Waals surface area contributed by atoms with Crippen molar-refractivity contribution in [3.63, 3.8) is 0 Å². The van der Waals surface area contributed by atoms with E-state index in [1.165, 1.54) is 0 Å². The van der Waals surface area contributed by atoms with Crippen molar-refractivity contribution in [2.75, 3.05) is 66.8 Å². The largest absolute Gasteiger partial charge is 0.497 e. The molecule has 1 amide bonds. The first-order valence-electron chi connectivity index (χ1n) is 12.5. The molecule has 3 aliphatic rings. The molecule has 36 heavy (non-hydrogen) atoms. The summed E-state index contributed by atoms with van der Waals surface area (Å²) in [6, 6.07) is 7.23. The molecule has 3 heterocycles. The first-order chi connectivity index (χ1) is 17.5. The van der Waals surface area contributed by atoms with Crippen LogP contribution in [0, 0.1) is 5.92 Å². The van der Waals surface area contributed by atoms with E-state index < -0.39 is 0 Å². The minimum Gasteiger partial charge on any atom is -0.497 e. The molecular weight excluding hydrogens is 462 g/mol. The second-order valence-electron chi connectivity index (χ2n) is 9.46. The van der Waals surface area contributed by atoms with E-state index in [4.69, 9.17) is 19.2 Å². The fourth-order valence-electron chi connectivity index (χ4n) is 4.91. The van der Waals surface area contributed by atoms with Crippen LogP contribution in [0.15, 0.2) is 40.5 Å². The normalized spacial score (nSPS) is 19.1. The van der Waals surface area contributed by atoms with Crippen LogP contribution < -0.4 is 4.74 Å². The predicted octanol–water partition coefficient (Wildman–Crippen LogP) is 2.15. The number of carbonyl (C=O) groups is 3. The van der Waals surface area contributed by atoms with Gasteiger partial charge in [0.05, 0.1) is 52.1 Å². The lowest BCUT2D eigenvalue weighted by Gasteiger charge is -2.33. The van der Waals surface area contributed by atoms with Gasteiger partial charge in [-0.1, -0.05) is 0 Å². The molecule has 4 rings (SSSR count). The Kier molecular flexibility index (Phi) is 9.01. The van der Waals surface area contributed by atoms with Crippen molar-refractivity contribution in [2.45, 2.75) is 25.7 Å². The number of aliphatic imine (C=N–C) groups is 1. The van der Waals surface area contributed by atoms with Gasteiger partial charge < -0.3 is 19.1 Å². The highest BCUT2D eigenvalue weighted by Gasteiger charge is 2.30. The van der Waals surface area contributed by atoms with Gasteiger partial charge in [0.1, 0.15) is 5.75 Å². The van der Waals surface area contributed by atoms with Gasteiger partial charge in [-0.25, -0.2) is 0 Å². The zero-order chi connectivity index (χ0) is 25.5. The number of nitrogens with zero attached hydrogens (tertiary/aromatic N) is 3. The number of ether oxygens (including phenoxy) is 3. The minimum atomic E-state index is -0.0427. The number of carbonyl (C=O) groups excluding carboxylic acids is 3. The highest BCUT2D eigenvalue weighted by molar-refractivity contribution is 6.13. The molecule has 0 unspecified atom stereocenters. The number of piperidine rings is 1. The van der Waals surface area contributed by atoms with Crippen molar-refractivity contribution in [1.82, 2.24) is 9.80 Å². The Morgan fingerprint density at radius 1 is 1.17 bits per heavy atom. The standard InChI is InChI=1S/C27H35N3O6/c1-34-14-12-30(16-21-15-25(31)23-18-36-13-9-24(23)28-21)26(32)17-29-10-7-20(8-11-29)27(33)19-3-5-22(35-2)6-4-19/h3-6,20H,7-18H2,1-2H3. The fraction of sp³-hybridized carbons (Fsp3) is 0.556. The number of amides is 1. The van der Waals surface area contributed by atoms with Crippen molar-refractivity contribution >= 4 is 23.2 Å². The summed E-state index contributed by atoms with van der Waals surface area (Å²) in [6.07, 6.45) is 2.28. The van der Waals surface area contributed by atoms with Gasteiger partial charge in [0, 0.05) is 42.8 Å². The van der Waals surface area contributed by atoms with E-state index in [2.05, 4.69) is 4.90 Å². The van der Waals surface area contributed by atoms with E-state index in [1.54, 1.807) is 31.3 Å². The SMILES string of the molecule is COCCN(CC1=NC2=C(COCC2)C(=O)C1)C(=O)CN1CCC(C(=O)c2ccc(OC)cc2)CC1. The maximum atomic E-state index is 13.2. The van der Waals surface area contributed by atoms with Crippen LogP contribution in [0.1, 0.15) is 36.0 Å². The average Bonchev–Trinajstić information content (AvgIpc) is 2.91. The summed E-state index contributed by atoms with van der Waals surface area (Å²) < 4.78 is 15.8. The molecule has 3 aliphatic heterocycles. The molecule has 0 N–H and O–H groups in total. The highest BCUT2D eigenvalue weighted by atomic mass is 16.5. The van der Waals surface area contributed by atoms with Crippen molar-refractivity contribution in [3.05, 3.63) is 41.1 Å². The van der Waals surface area contributed by atoms with Gasteiger partial charge in [0.2, 0.25) is 5.91 Å². The van der Waals surface area contributed by atoms with Crippen LogP contribution in [0.2, 0.25) is 0 Å². The summed E-state index contributed by atoms with van der Waals surface area (Å²) in [6.45, 7) is 3.70. The van der Waals surface area contributed by atoms with Gasteiger partial charge in [-0.2, -0.15) is 0 Å². The van der Waals surface area contributed by atoms with Gasteiger partial charge >= 0.3 is 0 Å². The van der Waals surface area contributed by atoms with Gasteiger partial charge in [-0.15, -0.1) is 0 Å². The molecule has 1 fully saturated rings. The third-order valence-corrected chi connectivity index (χ3v) is 7.06. The molecule has 1 aromatic carbocycles. The van der Waals surface area contributed by atoms with Crippen LogP contribution >= 0.6 is 0 Å².